The minimum atomic E-state index is 0.645. The Labute approximate surface area is 151 Å². The maximum Gasteiger partial charge on any atom is 0.159 e. The van der Waals surface area contributed by atoms with Crippen LogP contribution in [0.3, 0.4) is 0 Å². The van der Waals surface area contributed by atoms with E-state index in [0.29, 0.717) is 5.92 Å². The van der Waals surface area contributed by atoms with E-state index in [2.05, 4.69) is 23.8 Å². The van der Waals surface area contributed by atoms with Gasteiger partial charge in [0.2, 0.25) is 0 Å². The Hall–Kier alpha value is -1.90. The third-order valence-corrected chi connectivity index (χ3v) is 5.27. The number of ether oxygens (including phenoxy) is 1. The van der Waals surface area contributed by atoms with E-state index in [1.807, 2.05) is 36.7 Å². The lowest BCUT2D eigenvalue weighted by atomic mass is 9.78. The van der Waals surface area contributed by atoms with E-state index < -0.39 is 0 Å². The molecule has 1 aromatic carbocycles. The van der Waals surface area contributed by atoms with Crippen LogP contribution in [0.1, 0.15) is 70.3 Å². The fourth-order valence-electron chi connectivity index (χ4n) is 3.81. The Morgan fingerprint density at radius 2 is 1.60 bits per heavy atom. The molecule has 0 atom stereocenters. The van der Waals surface area contributed by atoms with E-state index in [4.69, 9.17) is 4.74 Å². The molecule has 3 rings (SSSR count). The van der Waals surface area contributed by atoms with E-state index in [9.17, 15) is 0 Å². The van der Waals surface area contributed by atoms with Crippen LogP contribution >= 0.6 is 0 Å². The highest BCUT2D eigenvalue weighted by Gasteiger charge is 2.22. The second-order valence-electron chi connectivity index (χ2n) is 7.22. The van der Waals surface area contributed by atoms with Crippen molar-refractivity contribution in [3.63, 3.8) is 0 Å². The van der Waals surface area contributed by atoms with Gasteiger partial charge in [0, 0.05) is 18.0 Å². The summed E-state index contributed by atoms with van der Waals surface area (Å²) in [6, 6.07) is 8.07. The molecule has 0 aliphatic heterocycles. The van der Waals surface area contributed by atoms with Gasteiger partial charge in [-0.05, 0) is 73.8 Å². The minimum Gasteiger partial charge on any atom is -0.494 e. The van der Waals surface area contributed by atoms with Gasteiger partial charge in [-0.2, -0.15) is 0 Å². The molecule has 1 aliphatic carbocycles. The Morgan fingerprint density at radius 3 is 2.20 bits per heavy atom. The van der Waals surface area contributed by atoms with Crippen molar-refractivity contribution in [1.29, 1.82) is 0 Å². The van der Waals surface area contributed by atoms with Crippen molar-refractivity contribution in [3.05, 3.63) is 42.2 Å². The van der Waals surface area contributed by atoms with Crippen LogP contribution in [0.5, 0.6) is 5.75 Å². The smallest absolute Gasteiger partial charge is 0.159 e. The van der Waals surface area contributed by atoms with Gasteiger partial charge in [-0.25, -0.2) is 9.97 Å². The molecular formula is C22H30N2O. The predicted octanol–water partition coefficient (Wildman–Crippen LogP) is 6.01. The first kappa shape index (κ1) is 17.9. The van der Waals surface area contributed by atoms with Crippen LogP contribution in [-0.2, 0) is 0 Å². The van der Waals surface area contributed by atoms with Crippen molar-refractivity contribution in [2.45, 2.75) is 64.7 Å². The third kappa shape index (κ3) is 4.81. The van der Waals surface area contributed by atoms with Crippen molar-refractivity contribution in [1.82, 2.24) is 9.97 Å². The highest BCUT2D eigenvalue weighted by atomic mass is 16.5. The van der Waals surface area contributed by atoms with Crippen LogP contribution < -0.4 is 4.74 Å². The van der Waals surface area contributed by atoms with Crippen molar-refractivity contribution >= 4 is 0 Å². The zero-order valence-corrected chi connectivity index (χ0v) is 15.6. The summed E-state index contributed by atoms with van der Waals surface area (Å²) in [4.78, 5) is 9.24. The van der Waals surface area contributed by atoms with Gasteiger partial charge < -0.3 is 4.74 Å². The highest BCUT2D eigenvalue weighted by molar-refractivity contribution is 5.56. The topological polar surface area (TPSA) is 35.0 Å². The fourth-order valence-corrected chi connectivity index (χ4v) is 3.81. The maximum absolute atomic E-state index is 5.63. The molecule has 134 valence electrons. The Bertz CT molecular complexity index is 628. The molecule has 0 spiro atoms. The average Bonchev–Trinajstić information content (AvgIpc) is 2.68. The molecule has 25 heavy (non-hydrogen) atoms. The van der Waals surface area contributed by atoms with Crippen LogP contribution in [-0.4, -0.2) is 16.6 Å². The van der Waals surface area contributed by atoms with E-state index in [1.54, 1.807) is 0 Å². The molecule has 0 bridgehead atoms. The third-order valence-electron chi connectivity index (χ3n) is 5.27. The monoisotopic (exact) mass is 338 g/mol. The molecule has 3 nitrogen and oxygen atoms in total. The van der Waals surface area contributed by atoms with Gasteiger partial charge >= 0.3 is 0 Å². The molecule has 3 heteroatoms. The summed E-state index contributed by atoms with van der Waals surface area (Å²) in [5.74, 6) is 3.29. The molecule has 1 fully saturated rings. The molecule has 1 aliphatic rings. The molecule has 1 heterocycles. The van der Waals surface area contributed by atoms with E-state index in [0.717, 1.165) is 36.1 Å². The van der Waals surface area contributed by atoms with Crippen LogP contribution in [0.15, 0.2) is 36.7 Å². The van der Waals surface area contributed by atoms with Crippen molar-refractivity contribution in [2.75, 3.05) is 6.61 Å². The number of aromatic nitrogens is 2. The zero-order valence-electron chi connectivity index (χ0n) is 15.6. The summed E-state index contributed by atoms with van der Waals surface area (Å²) in [5.41, 5.74) is 2.35. The van der Waals surface area contributed by atoms with Gasteiger partial charge in [0.25, 0.3) is 0 Å². The second-order valence-corrected chi connectivity index (χ2v) is 7.22. The van der Waals surface area contributed by atoms with Gasteiger partial charge in [-0.3, -0.25) is 0 Å². The maximum atomic E-state index is 5.63. The lowest BCUT2D eigenvalue weighted by Gasteiger charge is -2.28. The van der Waals surface area contributed by atoms with Crippen molar-refractivity contribution in [2.24, 2.45) is 5.92 Å². The summed E-state index contributed by atoms with van der Waals surface area (Å²) in [6.45, 7) is 5.16. The van der Waals surface area contributed by atoms with E-state index in [1.165, 1.54) is 44.1 Å². The van der Waals surface area contributed by atoms with Crippen molar-refractivity contribution < 1.29 is 4.74 Å². The lowest BCUT2D eigenvalue weighted by molar-refractivity contribution is 0.308. The van der Waals surface area contributed by atoms with Gasteiger partial charge in [0.15, 0.2) is 5.82 Å². The molecule has 0 amide bonds. The Balaban J connectivity index is 1.60. The van der Waals surface area contributed by atoms with Crippen LogP contribution in [0.25, 0.3) is 11.4 Å². The summed E-state index contributed by atoms with van der Waals surface area (Å²) >= 11 is 0. The first-order valence-corrected chi connectivity index (χ1v) is 9.85. The lowest BCUT2D eigenvalue weighted by Crippen LogP contribution is -2.13. The first-order valence-electron chi connectivity index (χ1n) is 9.85. The fraction of sp³-hybridized carbons (Fsp3) is 0.545. The van der Waals surface area contributed by atoms with Crippen LogP contribution in [0.4, 0.5) is 0 Å². The van der Waals surface area contributed by atoms with E-state index >= 15 is 0 Å². The van der Waals surface area contributed by atoms with Gasteiger partial charge in [-0.15, -0.1) is 0 Å². The van der Waals surface area contributed by atoms with Crippen LogP contribution in [0.2, 0.25) is 0 Å². The molecule has 1 aromatic heterocycles. The molecule has 2 aromatic rings. The van der Waals surface area contributed by atoms with Gasteiger partial charge in [-0.1, -0.05) is 26.7 Å². The standard InChI is InChI=1S/C22H30N2O/c1-3-5-17-6-8-18(9-7-17)20-15-23-22(24-16-20)19-10-12-21(13-11-19)25-14-4-2/h10-13,15-18H,3-9,14H2,1-2H3/t17-,18-. The predicted molar refractivity (Wildman–Crippen MR) is 103 cm³/mol. The molecule has 0 N–H and O–H groups in total. The summed E-state index contributed by atoms with van der Waals surface area (Å²) in [7, 11) is 0. The number of benzene rings is 1. The zero-order chi connectivity index (χ0) is 17.5. The summed E-state index contributed by atoms with van der Waals surface area (Å²) < 4.78 is 5.63. The number of rotatable bonds is 7. The second kappa shape index (κ2) is 8.98. The summed E-state index contributed by atoms with van der Waals surface area (Å²) in [5, 5.41) is 0. The Kier molecular flexibility index (Phi) is 6.43. The first-order chi connectivity index (χ1) is 12.3. The minimum absolute atomic E-state index is 0.645. The molecule has 0 unspecified atom stereocenters. The van der Waals surface area contributed by atoms with Gasteiger partial charge in [0.05, 0.1) is 6.61 Å². The van der Waals surface area contributed by atoms with Crippen LogP contribution in [0, 0.1) is 5.92 Å². The number of hydrogen-bond donors (Lipinski definition) is 0. The van der Waals surface area contributed by atoms with Crippen molar-refractivity contribution in [3.8, 4) is 17.1 Å². The molecular weight excluding hydrogens is 308 g/mol. The largest absolute Gasteiger partial charge is 0.494 e. The molecule has 1 saturated carbocycles. The SMILES string of the molecule is CCCOc1ccc(-c2ncc([C@H]3CC[C@H](CCC)CC3)cn2)cc1. The average molecular weight is 338 g/mol. The van der Waals surface area contributed by atoms with E-state index in [-0.39, 0.29) is 0 Å². The molecule has 0 saturated heterocycles. The van der Waals surface area contributed by atoms with Gasteiger partial charge in [0.1, 0.15) is 5.75 Å². The molecule has 0 radical (unpaired) electrons. The summed E-state index contributed by atoms with van der Waals surface area (Å²) in [6.07, 6.45) is 13.1. The normalized spacial score (nSPS) is 20.4. The highest BCUT2D eigenvalue weighted by Crippen LogP contribution is 2.37. The Morgan fingerprint density at radius 1 is 0.920 bits per heavy atom. The number of nitrogens with zero attached hydrogens (tertiary/aromatic N) is 2. The quantitative estimate of drug-likeness (QED) is 0.620. The number of hydrogen-bond acceptors (Lipinski definition) is 3.